The summed E-state index contributed by atoms with van der Waals surface area (Å²) in [5, 5.41) is 1.03. The molecule has 0 spiro atoms. The molecule has 2 aliphatic rings. The molecule has 1 aliphatic carbocycles. The first kappa shape index (κ1) is 12.9. The molecular weight excluding hydrogens is 264 g/mol. The van der Waals surface area contributed by atoms with E-state index in [0.29, 0.717) is 6.61 Å². The zero-order chi connectivity index (χ0) is 13.2. The second-order valence-corrected chi connectivity index (χ2v) is 5.81. The molecule has 19 heavy (non-hydrogen) atoms. The van der Waals surface area contributed by atoms with Crippen LogP contribution in [0.5, 0.6) is 0 Å². The molecule has 1 unspecified atom stereocenters. The fourth-order valence-electron chi connectivity index (χ4n) is 2.58. The summed E-state index contributed by atoms with van der Waals surface area (Å²) in [6.45, 7) is 5.56. The molecule has 0 amide bonds. The fraction of sp³-hybridized carbons (Fsp3) is 0.692. The first-order chi connectivity index (χ1) is 9.29. The van der Waals surface area contributed by atoms with Crippen LogP contribution in [0.25, 0.3) is 0 Å². The number of hydrogen-bond donors (Lipinski definition) is 0. The fourth-order valence-corrected chi connectivity index (χ4v) is 3.76. The van der Waals surface area contributed by atoms with Crippen LogP contribution in [-0.4, -0.2) is 43.9 Å². The highest BCUT2D eigenvalue weighted by molar-refractivity contribution is 7.15. The van der Waals surface area contributed by atoms with Gasteiger partial charge in [-0.15, -0.1) is 11.3 Å². The first-order valence-corrected chi connectivity index (χ1v) is 7.60. The number of carbonyl (C=O) groups is 1. The van der Waals surface area contributed by atoms with Crippen molar-refractivity contribution in [3.05, 3.63) is 10.6 Å². The molecule has 3 rings (SSSR count). The largest absolute Gasteiger partial charge is 0.465 e. The van der Waals surface area contributed by atoms with E-state index in [0.717, 1.165) is 50.0 Å². The van der Waals surface area contributed by atoms with Crippen molar-refractivity contribution in [1.82, 2.24) is 4.98 Å². The molecule has 104 valence electrons. The maximum absolute atomic E-state index is 11.9. The Kier molecular flexibility index (Phi) is 3.70. The Hall–Kier alpha value is -1.14. The monoisotopic (exact) mass is 282 g/mol. The zero-order valence-corrected chi connectivity index (χ0v) is 11.9. The highest BCUT2D eigenvalue weighted by atomic mass is 32.1. The van der Waals surface area contributed by atoms with Gasteiger partial charge in [0.1, 0.15) is 5.92 Å². The number of anilines is 1. The summed E-state index contributed by atoms with van der Waals surface area (Å²) < 4.78 is 10.5. The highest BCUT2D eigenvalue weighted by Gasteiger charge is 2.34. The zero-order valence-electron chi connectivity index (χ0n) is 11.1. The smallest absolute Gasteiger partial charge is 0.315 e. The van der Waals surface area contributed by atoms with Crippen molar-refractivity contribution in [3.8, 4) is 0 Å². The van der Waals surface area contributed by atoms with Gasteiger partial charge in [0.2, 0.25) is 0 Å². The number of carbonyl (C=O) groups excluding carboxylic acids is 1. The average Bonchev–Trinajstić information content (AvgIpc) is 2.99. The molecule has 6 heteroatoms. The first-order valence-electron chi connectivity index (χ1n) is 6.78. The molecule has 0 radical (unpaired) electrons. The van der Waals surface area contributed by atoms with Gasteiger partial charge in [-0.05, 0) is 19.8 Å². The Balaban J connectivity index is 1.78. The van der Waals surface area contributed by atoms with Crippen molar-refractivity contribution in [2.45, 2.75) is 25.7 Å². The number of aryl methyl sites for hydroxylation is 1. The van der Waals surface area contributed by atoms with Gasteiger partial charge in [0.25, 0.3) is 0 Å². The van der Waals surface area contributed by atoms with Gasteiger partial charge < -0.3 is 14.4 Å². The van der Waals surface area contributed by atoms with Crippen LogP contribution in [0, 0.1) is 0 Å². The van der Waals surface area contributed by atoms with Crippen LogP contribution in [0.2, 0.25) is 0 Å². The third-order valence-corrected chi connectivity index (χ3v) is 4.75. The van der Waals surface area contributed by atoms with E-state index in [-0.39, 0.29) is 11.9 Å². The number of morpholine rings is 1. The molecule has 0 saturated carbocycles. The lowest BCUT2D eigenvalue weighted by molar-refractivity contribution is -0.145. The van der Waals surface area contributed by atoms with Crippen molar-refractivity contribution in [2.75, 3.05) is 37.8 Å². The van der Waals surface area contributed by atoms with Crippen LogP contribution >= 0.6 is 11.3 Å². The number of nitrogens with zero attached hydrogens (tertiary/aromatic N) is 2. The van der Waals surface area contributed by atoms with Crippen molar-refractivity contribution in [1.29, 1.82) is 0 Å². The Bertz CT molecular complexity index is 468. The van der Waals surface area contributed by atoms with Gasteiger partial charge in [-0.1, -0.05) is 0 Å². The molecule has 1 fully saturated rings. The SMILES string of the molecule is CCOC(=O)C1CCc2sc(N3CCOCC3)nc21. The minimum atomic E-state index is -0.152. The summed E-state index contributed by atoms with van der Waals surface area (Å²) in [5.41, 5.74) is 0.949. The number of hydrogen-bond acceptors (Lipinski definition) is 6. The maximum Gasteiger partial charge on any atom is 0.315 e. The molecule has 5 nitrogen and oxygen atoms in total. The molecule has 0 aromatic carbocycles. The Morgan fingerprint density at radius 2 is 2.32 bits per heavy atom. The van der Waals surface area contributed by atoms with E-state index in [1.54, 1.807) is 11.3 Å². The second kappa shape index (κ2) is 5.46. The molecule has 1 atom stereocenters. The Labute approximate surface area is 116 Å². The van der Waals surface area contributed by atoms with Crippen molar-refractivity contribution >= 4 is 22.4 Å². The lowest BCUT2D eigenvalue weighted by Gasteiger charge is -2.26. The van der Waals surface area contributed by atoms with E-state index >= 15 is 0 Å². The van der Waals surface area contributed by atoms with Crippen molar-refractivity contribution < 1.29 is 14.3 Å². The Morgan fingerprint density at radius 1 is 1.53 bits per heavy atom. The summed E-state index contributed by atoms with van der Waals surface area (Å²) in [4.78, 5) is 20.1. The average molecular weight is 282 g/mol. The van der Waals surface area contributed by atoms with Gasteiger partial charge in [0.05, 0.1) is 25.5 Å². The van der Waals surface area contributed by atoms with E-state index in [1.165, 1.54) is 4.88 Å². The van der Waals surface area contributed by atoms with Gasteiger partial charge in [-0.2, -0.15) is 0 Å². The van der Waals surface area contributed by atoms with Crippen LogP contribution < -0.4 is 4.90 Å². The maximum atomic E-state index is 11.9. The number of rotatable bonds is 3. The quantitative estimate of drug-likeness (QED) is 0.788. The molecule has 1 aromatic heterocycles. The van der Waals surface area contributed by atoms with Crippen LogP contribution in [0.4, 0.5) is 5.13 Å². The number of ether oxygens (including phenoxy) is 2. The van der Waals surface area contributed by atoms with Crippen molar-refractivity contribution in [3.63, 3.8) is 0 Å². The minimum absolute atomic E-state index is 0.125. The van der Waals surface area contributed by atoms with Gasteiger partial charge in [0.15, 0.2) is 5.13 Å². The lowest BCUT2D eigenvalue weighted by Crippen LogP contribution is -2.36. The predicted octanol–water partition coefficient (Wildman–Crippen LogP) is 1.57. The summed E-state index contributed by atoms with van der Waals surface area (Å²) in [6.07, 6.45) is 1.79. The molecule has 0 N–H and O–H groups in total. The molecule has 0 bridgehead atoms. The molecule has 1 aliphatic heterocycles. The van der Waals surface area contributed by atoms with E-state index in [4.69, 9.17) is 9.47 Å². The van der Waals surface area contributed by atoms with E-state index in [1.807, 2.05) is 6.92 Å². The number of fused-ring (bicyclic) bond motifs is 1. The molecular formula is C13H18N2O3S. The summed E-state index contributed by atoms with van der Waals surface area (Å²) >= 11 is 1.72. The van der Waals surface area contributed by atoms with E-state index in [9.17, 15) is 4.79 Å². The molecule has 1 saturated heterocycles. The molecule has 1 aromatic rings. The van der Waals surface area contributed by atoms with E-state index in [2.05, 4.69) is 9.88 Å². The lowest BCUT2D eigenvalue weighted by atomic mass is 10.1. The third kappa shape index (κ3) is 2.47. The van der Waals surface area contributed by atoms with E-state index < -0.39 is 0 Å². The van der Waals surface area contributed by atoms with Crippen molar-refractivity contribution in [2.24, 2.45) is 0 Å². The minimum Gasteiger partial charge on any atom is -0.465 e. The van der Waals surface area contributed by atoms with Gasteiger partial charge in [0, 0.05) is 18.0 Å². The predicted molar refractivity (Wildman–Crippen MR) is 72.8 cm³/mol. The Morgan fingerprint density at radius 3 is 3.05 bits per heavy atom. The third-order valence-electron chi connectivity index (χ3n) is 3.56. The number of thiazole rings is 1. The second-order valence-electron chi connectivity index (χ2n) is 4.75. The highest BCUT2D eigenvalue weighted by Crippen LogP contribution is 2.40. The summed E-state index contributed by atoms with van der Waals surface area (Å²) in [6, 6.07) is 0. The van der Waals surface area contributed by atoms with Crippen LogP contribution in [0.1, 0.15) is 29.8 Å². The van der Waals surface area contributed by atoms with Crippen LogP contribution in [-0.2, 0) is 20.7 Å². The standard InChI is InChI=1S/C13H18N2O3S/c1-2-18-12(16)9-3-4-10-11(9)14-13(19-10)15-5-7-17-8-6-15/h9H,2-8H2,1H3. The number of esters is 1. The summed E-state index contributed by atoms with van der Waals surface area (Å²) in [7, 11) is 0. The van der Waals surface area contributed by atoms with Crippen LogP contribution in [0.3, 0.4) is 0 Å². The number of aromatic nitrogens is 1. The van der Waals surface area contributed by atoms with Gasteiger partial charge >= 0.3 is 5.97 Å². The normalized spacial score (nSPS) is 22.4. The van der Waals surface area contributed by atoms with Crippen LogP contribution in [0.15, 0.2) is 0 Å². The summed E-state index contributed by atoms with van der Waals surface area (Å²) in [5.74, 6) is -0.277. The molecule has 2 heterocycles. The van der Waals surface area contributed by atoms with Gasteiger partial charge in [-0.25, -0.2) is 4.98 Å². The topological polar surface area (TPSA) is 51.7 Å². The van der Waals surface area contributed by atoms with Gasteiger partial charge in [-0.3, -0.25) is 4.79 Å².